The zero-order valence-corrected chi connectivity index (χ0v) is 11.2. The van der Waals surface area contributed by atoms with E-state index in [1.807, 2.05) is 0 Å². The minimum Gasteiger partial charge on any atom is -0.409 e. The van der Waals surface area contributed by atoms with Gasteiger partial charge in [-0.1, -0.05) is 19.0 Å². The third-order valence-electron chi connectivity index (χ3n) is 2.75. The van der Waals surface area contributed by atoms with Gasteiger partial charge in [-0.2, -0.15) is 0 Å². The Labute approximate surface area is 107 Å². The van der Waals surface area contributed by atoms with Gasteiger partial charge in [-0.3, -0.25) is 9.59 Å². The van der Waals surface area contributed by atoms with Crippen LogP contribution in [0, 0.1) is 17.3 Å². The smallest absolute Gasteiger partial charge is 0.231 e. The standard InChI is InChI=1S/C11H22N4O3/c1-6(2)7(8(12)15-18)9(16)14-5-11(3,4)10(13)17/h6-7,18H,5H2,1-4H3,(H2,12,15)(H2,13,17)(H,14,16). The van der Waals surface area contributed by atoms with Crippen LogP contribution in [0.15, 0.2) is 5.16 Å². The summed E-state index contributed by atoms with van der Waals surface area (Å²) in [6, 6.07) is 0. The molecule has 0 rings (SSSR count). The summed E-state index contributed by atoms with van der Waals surface area (Å²) < 4.78 is 0. The number of oxime groups is 1. The summed E-state index contributed by atoms with van der Waals surface area (Å²) in [4.78, 5) is 23.0. The highest BCUT2D eigenvalue weighted by atomic mass is 16.4. The summed E-state index contributed by atoms with van der Waals surface area (Å²) in [5.41, 5.74) is 9.82. The van der Waals surface area contributed by atoms with Crippen molar-refractivity contribution in [2.75, 3.05) is 6.54 Å². The quantitative estimate of drug-likeness (QED) is 0.224. The molecule has 18 heavy (non-hydrogen) atoms. The molecule has 104 valence electrons. The van der Waals surface area contributed by atoms with Gasteiger partial charge >= 0.3 is 0 Å². The number of nitrogens with one attached hydrogen (secondary N) is 1. The van der Waals surface area contributed by atoms with Crippen LogP contribution in [-0.4, -0.2) is 29.4 Å². The number of hydrogen-bond acceptors (Lipinski definition) is 4. The molecule has 2 amide bonds. The van der Waals surface area contributed by atoms with Crippen molar-refractivity contribution in [3.63, 3.8) is 0 Å². The number of carbonyl (C=O) groups excluding carboxylic acids is 2. The Morgan fingerprint density at radius 1 is 1.33 bits per heavy atom. The lowest BCUT2D eigenvalue weighted by molar-refractivity contribution is -0.127. The van der Waals surface area contributed by atoms with Gasteiger partial charge in [0.2, 0.25) is 11.8 Å². The number of amides is 2. The molecule has 0 heterocycles. The normalized spacial score (nSPS) is 14.4. The van der Waals surface area contributed by atoms with E-state index < -0.39 is 23.1 Å². The van der Waals surface area contributed by atoms with Crippen LogP contribution in [0.5, 0.6) is 0 Å². The predicted molar refractivity (Wildman–Crippen MR) is 67.7 cm³/mol. The van der Waals surface area contributed by atoms with E-state index in [1.54, 1.807) is 27.7 Å². The first-order chi connectivity index (χ1) is 8.13. The number of nitrogens with two attached hydrogens (primary N) is 2. The van der Waals surface area contributed by atoms with Gasteiger partial charge < -0.3 is 22.0 Å². The van der Waals surface area contributed by atoms with Crippen molar-refractivity contribution in [2.45, 2.75) is 27.7 Å². The SMILES string of the molecule is CC(C)C(C(=O)NCC(C)(C)C(N)=O)C(N)=NO. The molecule has 0 aromatic heterocycles. The molecule has 0 bridgehead atoms. The molecule has 1 atom stereocenters. The highest BCUT2D eigenvalue weighted by molar-refractivity contribution is 6.02. The molecular weight excluding hydrogens is 236 g/mol. The lowest BCUT2D eigenvalue weighted by Gasteiger charge is -2.24. The van der Waals surface area contributed by atoms with E-state index in [1.165, 1.54) is 0 Å². The molecule has 6 N–H and O–H groups in total. The van der Waals surface area contributed by atoms with Crippen molar-refractivity contribution in [1.29, 1.82) is 0 Å². The third kappa shape index (κ3) is 4.23. The first kappa shape index (κ1) is 16.2. The number of rotatable bonds is 6. The van der Waals surface area contributed by atoms with E-state index in [0.29, 0.717) is 0 Å². The number of primary amides is 1. The van der Waals surface area contributed by atoms with Gasteiger partial charge in [-0.05, 0) is 19.8 Å². The van der Waals surface area contributed by atoms with E-state index in [4.69, 9.17) is 16.7 Å². The first-order valence-corrected chi connectivity index (χ1v) is 5.68. The average molecular weight is 258 g/mol. The van der Waals surface area contributed by atoms with Crippen LogP contribution < -0.4 is 16.8 Å². The maximum absolute atomic E-state index is 11.9. The molecule has 0 saturated carbocycles. The van der Waals surface area contributed by atoms with Crippen LogP contribution in [0.2, 0.25) is 0 Å². The lowest BCUT2D eigenvalue weighted by Crippen LogP contribution is -2.47. The Balaban J connectivity index is 4.70. The zero-order chi connectivity index (χ0) is 14.5. The Hall–Kier alpha value is -1.79. The Morgan fingerprint density at radius 3 is 2.17 bits per heavy atom. The molecule has 0 fully saturated rings. The van der Waals surface area contributed by atoms with Crippen LogP contribution in [0.25, 0.3) is 0 Å². The number of nitrogens with zero attached hydrogens (tertiary/aromatic N) is 1. The molecule has 7 nitrogen and oxygen atoms in total. The fraction of sp³-hybridized carbons (Fsp3) is 0.727. The zero-order valence-electron chi connectivity index (χ0n) is 11.2. The Morgan fingerprint density at radius 2 is 1.83 bits per heavy atom. The van der Waals surface area contributed by atoms with Crippen LogP contribution in [0.3, 0.4) is 0 Å². The highest BCUT2D eigenvalue weighted by Crippen LogP contribution is 2.15. The van der Waals surface area contributed by atoms with E-state index in [0.717, 1.165) is 0 Å². The second-order valence-corrected chi connectivity index (χ2v) is 5.21. The lowest BCUT2D eigenvalue weighted by atomic mass is 9.90. The van der Waals surface area contributed by atoms with Gasteiger partial charge in [0.1, 0.15) is 5.92 Å². The van der Waals surface area contributed by atoms with Crippen LogP contribution in [-0.2, 0) is 9.59 Å². The van der Waals surface area contributed by atoms with Gasteiger partial charge in [0.05, 0.1) is 5.41 Å². The molecule has 0 saturated heterocycles. The van der Waals surface area contributed by atoms with E-state index in [2.05, 4.69) is 10.5 Å². The van der Waals surface area contributed by atoms with Gasteiger partial charge in [0.25, 0.3) is 0 Å². The van der Waals surface area contributed by atoms with Crippen LogP contribution >= 0.6 is 0 Å². The molecule has 0 aromatic rings. The maximum Gasteiger partial charge on any atom is 0.231 e. The molecule has 7 heteroatoms. The van der Waals surface area contributed by atoms with Crippen molar-refractivity contribution in [3.05, 3.63) is 0 Å². The molecule has 1 unspecified atom stereocenters. The first-order valence-electron chi connectivity index (χ1n) is 5.68. The number of amidine groups is 1. The van der Waals surface area contributed by atoms with E-state index in [-0.39, 0.29) is 18.3 Å². The fourth-order valence-electron chi connectivity index (χ4n) is 1.35. The Kier molecular flexibility index (Phi) is 5.61. The summed E-state index contributed by atoms with van der Waals surface area (Å²) >= 11 is 0. The van der Waals surface area contributed by atoms with Crippen molar-refractivity contribution < 1.29 is 14.8 Å². The molecule has 0 radical (unpaired) electrons. The van der Waals surface area contributed by atoms with Gasteiger partial charge in [-0.25, -0.2) is 0 Å². The minimum atomic E-state index is -0.845. The molecule has 0 aromatic carbocycles. The molecule has 0 aliphatic heterocycles. The number of hydrogen-bond donors (Lipinski definition) is 4. The topological polar surface area (TPSA) is 131 Å². The second kappa shape index (κ2) is 6.23. The molecule has 0 aliphatic carbocycles. The Bertz CT molecular complexity index is 350. The van der Waals surface area contributed by atoms with Crippen LogP contribution in [0.1, 0.15) is 27.7 Å². The molecule has 0 spiro atoms. The van der Waals surface area contributed by atoms with Crippen molar-refractivity contribution >= 4 is 17.6 Å². The van der Waals surface area contributed by atoms with Crippen LogP contribution in [0.4, 0.5) is 0 Å². The second-order valence-electron chi connectivity index (χ2n) is 5.21. The summed E-state index contributed by atoms with van der Waals surface area (Å²) in [5, 5.41) is 14.1. The van der Waals surface area contributed by atoms with Crippen molar-refractivity contribution in [1.82, 2.24) is 5.32 Å². The van der Waals surface area contributed by atoms with Crippen molar-refractivity contribution in [2.24, 2.45) is 33.9 Å². The molecular formula is C11H22N4O3. The summed E-state index contributed by atoms with van der Waals surface area (Å²) in [7, 11) is 0. The monoisotopic (exact) mass is 258 g/mol. The highest BCUT2D eigenvalue weighted by Gasteiger charge is 2.30. The minimum absolute atomic E-state index is 0.100. The average Bonchev–Trinajstić information content (AvgIpc) is 2.25. The van der Waals surface area contributed by atoms with Gasteiger partial charge in [0.15, 0.2) is 5.84 Å². The molecule has 0 aliphatic rings. The number of carbonyl (C=O) groups is 2. The van der Waals surface area contributed by atoms with Gasteiger partial charge in [0, 0.05) is 6.54 Å². The summed E-state index contributed by atoms with van der Waals surface area (Å²) in [6.07, 6.45) is 0. The van der Waals surface area contributed by atoms with Gasteiger partial charge in [-0.15, -0.1) is 0 Å². The predicted octanol–water partition coefficient (Wildman–Crippen LogP) is -0.367. The summed E-state index contributed by atoms with van der Waals surface area (Å²) in [6.45, 7) is 6.92. The fourth-order valence-corrected chi connectivity index (χ4v) is 1.35. The van der Waals surface area contributed by atoms with E-state index in [9.17, 15) is 9.59 Å². The largest absolute Gasteiger partial charge is 0.409 e. The summed E-state index contributed by atoms with van der Waals surface area (Å²) in [5.74, 6) is -1.92. The third-order valence-corrected chi connectivity index (χ3v) is 2.75. The maximum atomic E-state index is 11.9. The van der Waals surface area contributed by atoms with E-state index >= 15 is 0 Å². The van der Waals surface area contributed by atoms with Crippen molar-refractivity contribution in [3.8, 4) is 0 Å².